The Labute approximate surface area is 165 Å². The fraction of sp³-hybridized carbons (Fsp3) is 0.333. The van der Waals surface area contributed by atoms with E-state index < -0.39 is 0 Å². The Kier molecular flexibility index (Phi) is 7.25. The van der Waals surface area contributed by atoms with Crippen molar-refractivity contribution in [2.45, 2.75) is 40.2 Å². The van der Waals surface area contributed by atoms with E-state index in [1.807, 2.05) is 45.0 Å². The average Bonchev–Trinajstić information content (AvgIpc) is 2.60. The highest BCUT2D eigenvalue weighted by molar-refractivity contribution is 6.31. The molecule has 0 atom stereocenters. The molecular weight excluding hydrogens is 364 g/mol. The zero-order valence-electron chi connectivity index (χ0n) is 16.1. The molecule has 2 aromatic rings. The quantitative estimate of drug-likeness (QED) is 0.739. The first-order chi connectivity index (χ1) is 12.8. The van der Waals surface area contributed by atoms with Crippen molar-refractivity contribution in [2.24, 2.45) is 0 Å². The van der Waals surface area contributed by atoms with Crippen LogP contribution in [0.5, 0.6) is 5.75 Å². The first kappa shape index (κ1) is 20.8. The second-order valence-electron chi connectivity index (χ2n) is 6.54. The number of halogens is 1. The lowest BCUT2D eigenvalue weighted by molar-refractivity contribution is -0.117. The molecule has 0 aliphatic rings. The van der Waals surface area contributed by atoms with Crippen molar-refractivity contribution < 1.29 is 14.3 Å². The van der Waals surface area contributed by atoms with E-state index >= 15 is 0 Å². The maximum atomic E-state index is 12.3. The zero-order chi connectivity index (χ0) is 20.0. The van der Waals surface area contributed by atoms with Crippen molar-refractivity contribution in [1.29, 1.82) is 0 Å². The SMILES string of the molecule is CC(=O)N(CCC(=O)Nc1cccc(Cl)c1C)c1ccc(OC(C)C)cc1. The van der Waals surface area contributed by atoms with Crippen LogP contribution in [0, 0.1) is 6.92 Å². The zero-order valence-corrected chi connectivity index (χ0v) is 16.8. The third kappa shape index (κ3) is 6.00. The van der Waals surface area contributed by atoms with Crippen LogP contribution in [0.4, 0.5) is 11.4 Å². The Bertz CT molecular complexity index is 804. The Morgan fingerprint density at radius 1 is 1.15 bits per heavy atom. The molecule has 0 saturated heterocycles. The summed E-state index contributed by atoms with van der Waals surface area (Å²) in [5, 5.41) is 3.45. The Morgan fingerprint density at radius 2 is 1.81 bits per heavy atom. The minimum absolute atomic E-state index is 0.0819. The summed E-state index contributed by atoms with van der Waals surface area (Å²) < 4.78 is 5.62. The summed E-state index contributed by atoms with van der Waals surface area (Å²) in [5.74, 6) is 0.442. The molecule has 1 N–H and O–H groups in total. The molecule has 6 heteroatoms. The minimum Gasteiger partial charge on any atom is -0.491 e. The number of nitrogens with one attached hydrogen (secondary N) is 1. The average molecular weight is 389 g/mol. The van der Waals surface area contributed by atoms with E-state index in [9.17, 15) is 9.59 Å². The van der Waals surface area contributed by atoms with Gasteiger partial charge in [-0.2, -0.15) is 0 Å². The molecule has 5 nitrogen and oxygen atoms in total. The van der Waals surface area contributed by atoms with Crippen molar-refractivity contribution >= 4 is 34.8 Å². The third-order valence-electron chi connectivity index (χ3n) is 4.00. The van der Waals surface area contributed by atoms with E-state index in [1.165, 1.54) is 6.92 Å². The number of ether oxygens (including phenoxy) is 1. The molecule has 0 bridgehead atoms. The molecule has 27 heavy (non-hydrogen) atoms. The van der Waals surface area contributed by atoms with Crippen LogP contribution in [-0.2, 0) is 9.59 Å². The van der Waals surface area contributed by atoms with Crippen LogP contribution in [0.15, 0.2) is 42.5 Å². The monoisotopic (exact) mass is 388 g/mol. The van der Waals surface area contributed by atoms with Gasteiger partial charge in [0.2, 0.25) is 11.8 Å². The maximum absolute atomic E-state index is 12.3. The number of carbonyl (C=O) groups is 2. The van der Waals surface area contributed by atoms with E-state index in [0.29, 0.717) is 10.7 Å². The molecular formula is C21H25ClN2O3. The Balaban J connectivity index is 2.00. The summed E-state index contributed by atoms with van der Waals surface area (Å²) in [6.07, 6.45) is 0.258. The van der Waals surface area contributed by atoms with Crippen LogP contribution >= 0.6 is 11.6 Å². The normalized spacial score (nSPS) is 10.6. The molecule has 0 spiro atoms. The topological polar surface area (TPSA) is 58.6 Å². The second-order valence-corrected chi connectivity index (χ2v) is 6.95. The first-order valence-corrected chi connectivity index (χ1v) is 9.25. The largest absolute Gasteiger partial charge is 0.491 e. The number of rotatable bonds is 7. The summed E-state index contributed by atoms with van der Waals surface area (Å²) in [6.45, 7) is 7.52. The van der Waals surface area contributed by atoms with Gasteiger partial charge in [-0.05, 0) is 62.7 Å². The summed E-state index contributed by atoms with van der Waals surface area (Å²) in [5.41, 5.74) is 2.22. The lowest BCUT2D eigenvalue weighted by Gasteiger charge is -2.21. The third-order valence-corrected chi connectivity index (χ3v) is 4.41. The Hall–Kier alpha value is -2.53. The van der Waals surface area contributed by atoms with Crippen molar-refractivity contribution in [3.63, 3.8) is 0 Å². The van der Waals surface area contributed by atoms with Crippen LogP contribution in [0.3, 0.4) is 0 Å². The minimum atomic E-state index is -0.175. The van der Waals surface area contributed by atoms with Gasteiger partial charge in [-0.1, -0.05) is 17.7 Å². The van der Waals surface area contributed by atoms with Gasteiger partial charge >= 0.3 is 0 Å². The molecule has 0 aliphatic carbocycles. The van der Waals surface area contributed by atoms with Gasteiger partial charge in [0.05, 0.1) is 6.10 Å². The van der Waals surface area contributed by atoms with E-state index in [4.69, 9.17) is 16.3 Å². The number of nitrogens with zero attached hydrogens (tertiary/aromatic N) is 1. The van der Waals surface area contributed by atoms with Crippen LogP contribution in [0.25, 0.3) is 0 Å². The molecule has 2 rings (SSSR count). The standard InChI is InChI=1S/C21H25ClN2O3/c1-14(2)27-18-10-8-17(9-11-18)24(16(4)25)13-12-21(26)23-20-7-5-6-19(22)15(20)3/h5-11,14H,12-13H2,1-4H3,(H,23,26). The molecule has 0 aromatic heterocycles. The predicted molar refractivity (Wildman–Crippen MR) is 110 cm³/mol. The first-order valence-electron chi connectivity index (χ1n) is 8.87. The summed E-state index contributed by atoms with van der Waals surface area (Å²) >= 11 is 6.08. The fourth-order valence-corrected chi connectivity index (χ4v) is 2.79. The van der Waals surface area contributed by atoms with Gasteiger partial charge in [-0.25, -0.2) is 0 Å². The highest BCUT2D eigenvalue weighted by atomic mass is 35.5. The molecule has 0 unspecified atom stereocenters. The number of benzene rings is 2. The summed E-state index contributed by atoms with van der Waals surface area (Å²) in [7, 11) is 0. The van der Waals surface area contributed by atoms with Crippen molar-refractivity contribution in [3.8, 4) is 5.75 Å². The van der Waals surface area contributed by atoms with E-state index in [0.717, 1.165) is 17.0 Å². The number of hydrogen-bond donors (Lipinski definition) is 1. The summed E-state index contributed by atoms with van der Waals surface area (Å²) in [6, 6.07) is 12.6. The van der Waals surface area contributed by atoms with E-state index in [1.54, 1.807) is 23.1 Å². The van der Waals surface area contributed by atoms with Crippen molar-refractivity contribution in [3.05, 3.63) is 53.1 Å². The van der Waals surface area contributed by atoms with Crippen molar-refractivity contribution in [1.82, 2.24) is 0 Å². The number of anilines is 2. The van der Waals surface area contributed by atoms with E-state index in [2.05, 4.69) is 5.32 Å². The molecule has 0 radical (unpaired) electrons. The molecule has 0 heterocycles. The molecule has 2 aromatic carbocycles. The molecule has 0 saturated carbocycles. The van der Waals surface area contributed by atoms with Gasteiger partial charge in [-0.15, -0.1) is 0 Å². The number of hydrogen-bond acceptors (Lipinski definition) is 3. The van der Waals surface area contributed by atoms with E-state index in [-0.39, 0.29) is 30.9 Å². The Morgan fingerprint density at radius 3 is 2.41 bits per heavy atom. The highest BCUT2D eigenvalue weighted by Crippen LogP contribution is 2.24. The van der Waals surface area contributed by atoms with Gasteiger partial charge in [0.1, 0.15) is 5.75 Å². The van der Waals surface area contributed by atoms with Gasteiger partial charge in [0.15, 0.2) is 0 Å². The molecule has 2 amide bonds. The lowest BCUT2D eigenvalue weighted by atomic mass is 10.2. The number of amides is 2. The molecule has 144 valence electrons. The van der Waals surface area contributed by atoms with Crippen LogP contribution < -0.4 is 15.0 Å². The number of carbonyl (C=O) groups excluding carboxylic acids is 2. The van der Waals surface area contributed by atoms with Crippen molar-refractivity contribution in [2.75, 3.05) is 16.8 Å². The van der Waals surface area contributed by atoms with Crippen LogP contribution in [0.2, 0.25) is 5.02 Å². The van der Waals surface area contributed by atoms with Gasteiger partial charge < -0.3 is 15.0 Å². The lowest BCUT2D eigenvalue weighted by Crippen LogP contribution is -2.32. The van der Waals surface area contributed by atoms with Gasteiger partial charge in [0.25, 0.3) is 0 Å². The predicted octanol–water partition coefficient (Wildman–Crippen LogP) is 4.82. The fourth-order valence-electron chi connectivity index (χ4n) is 2.61. The molecule has 0 aliphatic heterocycles. The van der Waals surface area contributed by atoms with Gasteiger partial charge in [-0.3, -0.25) is 9.59 Å². The van der Waals surface area contributed by atoms with Crippen LogP contribution in [-0.4, -0.2) is 24.5 Å². The summed E-state index contributed by atoms with van der Waals surface area (Å²) in [4.78, 5) is 25.9. The maximum Gasteiger partial charge on any atom is 0.226 e. The highest BCUT2D eigenvalue weighted by Gasteiger charge is 2.14. The van der Waals surface area contributed by atoms with Gasteiger partial charge in [0, 0.05) is 36.3 Å². The second kappa shape index (κ2) is 9.42. The molecule has 0 fully saturated rings. The smallest absolute Gasteiger partial charge is 0.226 e. The van der Waals surface area contributed by atoms with Crippen LogP contribution in [0.1, 0.15) is 32.8 Å².